The lowest BCUT2D eigenvalue weighted by atomic mass is 10.00. The van der Waals surface area contributed by atoms with Crippen molar-refractivity contribution in [3.8, 4) is 33.6 Å². The van der Waals surface area contributed by atoms with E-state index in [0.29, 0.717) is 15.7 Å². The van der Waals surface area contributed by atoms with Crippen LogP contribution in [0.5, 0.6) is 0 Å². The molecule has 2 aromatic heterocycles. The van der Waals surface area contributed by atoms with E-state index in [1.807, 2.05) is 0 Å². The van der Waals surface area contributed by atoms with Crippen molar-refractivity contribution >= 4 is 72.0 Å². The maximum atomic E-state index is 2.54. The molecule has 4 heteroatoms. The predicted octanol–water partition coefficient (Wildman–Crippen LogP) is 15.7. The molecule has 2 aliphatic heterocycles. The van der Waals surface area contributed by atoms with Gasteiger partial charge < -0.3 is 9.13 Å². The van der Waals surface area contributed by atoms with Gasteiger partial charge in [0.1, 0.15) is 0 Å². The smallest absolute Gasteiger partial charge is 0.0547 e. The van der Waals surface area contributed by atoms with Crippen LogP contribution in [0.15, 0.2) is 200 Å². The Labute approximate surface area is 359 Å². The highest BCUT2D eigenvalue weighted by atomic mass is 32.2. The van der Waals surface area contributed by atoms with E-state index in [1.165, 1.54) is 106 Å². The summed E-state index contributed by atoms with van der Waals surface area (Å²) in [6.07, 6.45) is 6.10. The number of nitrogens with zero attached hydrogens (tertiary/aromatic N) is 2. The van der Waals surface area contributed by atoms with Crippen molar-refractivity contribution < 1.29 is 0 Å². The van der Waals surface area contributed by atoms with Crippen LogP contribution < -0.4 is 0 Å². The molecule has 1 fully saturated rings. The fraction of sp³-hybridized carbons (Fsp3) is 0.107. The first-order valence-electron chi connectivity index (χ1n) is 21.2. The molecule has 0 radical (unpaired) electrons. The number of thioether (sulfide) groups is 2. The van der Waals surface area contributed by atoms with Gasteiger partial charge in [-0.05, 0) is 101 Å². The Kier molecular flexibility index (Phi) is 8.82. The van der Waals surface area contributed by atoms with E-state index in [1.54, 1.807) is 0 Å². The van der Waals surface area contributed by atoms with Crippen LogP contribution in [0, 0.1) is 0 Å². The Balaban J connectivity index is 0.835. The summed E-state index contributed by atoms with van der Waals surface area (Å²) in [6, 6.07) is 71.3. The Bertz CT molecular complexity index is 3230. The third kappa shape index (κ3) is 5.96. The molecule has 0 saturated carbocycles. The molecule has 0 bridgehead atoms. The lowest BCUT2D eigenvalue weighted by molar-refractivity contribution is 0.716. The summed E-state index contributed by atoms with van der Waals surface area (Å²) in [5, 5.41) is 7.06. The van der Waals surface area contributed by atoms with Crippen molar-refractivity contribution in [2.75, 3.05) is 0 Å². The topological polar surface area (TPSA) is 9.86 Å². The second-order valence-corrected chi connectivity index (χ2v) is 18.9. The molecule has 288 valence electrons. The second-order valence-electron chi connectivity index (χ2n) is 16.2. The van der Waals surface area contributed by atoms with Gasteiger partial charge in [0, 0.05) is 53.6 Å². The normalized spacial score (nSPS) is 17.9. The van der Waals surface area contributed by atoms with Crippen molar-refractivity contribution in [1.82, 2.24) is 9.13 Å². The van der Waals surface area contributed by atoms with E-state index < -0.39 is 0 Å². The average molecular weight is 807 g/mol. The number of para-hydroxylation sites is 2. The minimum Gasteiger partial charge on any atom is -0.309 e. The van der Waals surface area contributed by atoms with E-state index in [2.05, 4.69) is 233 Å². The zero-order chi connectivity index (χ0) is 39.6. The van der Waals surface area contributed by atoms with Crippen LogP contribution >= 0.6 is 23.5 Å². The lowest BCUT2D eigenvalue weighted by Crippen LogP contribution is -2.13. The molecule has 10 aromatic rings. The maximum absolute atomic E-state index is 2.54. The highest BCUT2D eigenvalue weighted by molar-refractivity contribution is 8.10. The molecule has 4 heterocycles. The van der Waals surface area contributed by atoms with Crippen molar-refractivity contribution in [3.63, 3.8) is 0 Å². The molecule has 0 spiro atoms. The molecule has 60 heavy (non-hydrogen) atoms. The Morgan fingerprint density at radius 2 is 0.900 bits per heavy atom. The predicted molar refractivity (Wildman–Crippen MR) is 260 cm³/mol. The summed E-state index contributed by atoms with van der Waals surface area (Å²) >= 11 is 4.35. The number of allylic oxidation sites excluding steroid dienone is 1. The van der Waals surface area contributed by atoms with Gasteiger partial charge in [0.15, 0.2) is 0 Å². The van der Waals surface area contributed by atoms with Crippen LogP contribution in [-0.2, 0) is 0 Å². The number of aromatic nitrogens is 2. The van der Waals surface area contributed by atoms with Gasteiger partial charge in [-0.25, -0.2) is 0 Å². The number of fused-ring (bicyclic) bond motifs is 6. The molecule has 2 nitrogen and oxygen atoms in total. The zero-order valence-corrected chi connectivity index (χ0v) is 34.7. The number of rotatable bonds is 7. The van der Waals surface area contributed by atoms with Gasteiger partial charge in [0.2, 0.25) is 0 Å². The Morgan fingerprint density at radius 3 is 1.52 bits per heavy atom. The fourth-order valence-corrected chi connectivity index (χ4v) is 13.3. The minimum absolute atomic E-state index is 0.470. The molecule has 1 saturated heterocycles. The van der Waals surface area contributed by atoms with Crippen molar-refractivity contribution in [1.29, 1.82) is 0 Å². The summed E-state index contributed by atoms with van der Waals surface area (Å²) < 4.78 is 4.93. The van der Waals surface area contributed by atoms with Crippen LogP contribution in [0.1, 0.15) is 35.6 Å². The standard InChI is InChI=1S/C56H42N2S2/c1-3-13-37(14-4-1)39-25-29-41(30-26-39)57-47-21-9-7-17-43(47)55-45(19-11-23-49(55)57)51-33-35-53(59-51)54-36-34-52(60-54)46-20-12-24-50-56(46)44-18-8-10-22-48(44)58(50)42-31-27-40(28-32-42)38-15-5-2-6-16-38/h1-33,52-54H,34-36H2. The first kappa shape index (κ1) is 35.7. The summed E-state index contributed by atoms with van der Waals surface area (Å²) in [5.74, 6) is 0. The Morgan fingerprint density at radius 1 is 0.400 bits per heavy atom. The summed E-state index contributed by atoms with van der Waals surface area (Å²) in [7, 11) is 0. The van der Waals surface area contributed by atoms with Crippen LogP contribution in [-0.4, -0.2) is 19.6 Å². The summed E-state index contributed by atoms with van der Waals surface area (Å²) in [6.45, 7) is 0. The largest absolute Gasteiger partial charge is 0.309 e. The van der Waals surface area contributed by atoms with Gasteiger partial charge in [-0.2, -0.15) is 0 Å². The molecular formula is C56H42N2S2. The fourth-order valence-electron chi connectivity index (χ4n) is 10.0. The first-order valence-corrected chi connectivity index (χ1v) is 23.0. The first-order chi connectivity index (χ1) is 29.8. The molecular weight excluding hydrogens is 765 g/mol. The third-order valence-electron chi connectivity index (χ3n) is 12.8. The highest BCUT2D eigenvalue weighted by Crippen LogP contribution is 2.55. The quantitative estimate of drug-likeness (QED) is 0.159. The SMILES string of the molecule is C1=C(c2cccc3c2c2ccccc2n3-c2ccc(-c3ccccc3)cc2)SC(C2CCC(c3cccc4c3c3ccccc3n4-c3ccc(-c4ccccc4)cc3)S2)C1. The van der Waals surface area contributed by atoms with Gasteiger partial charge in [-0.15, -0.1) is 23.5 Å². The number of hydrogen-bond acceptors (Lipinski definition) is 2. The molecule has 0 amide bonds. The molecule has 0 N–H and O–H groups in total. The van der Waals surface area contributed by atoms with Crippen LogP contribution in [0.3, 0.4) is 0 Å². The second kappa shape index (κ2) is 14.8. The van der Waals surface area contributed by atoms with Crippen molar-refractivity contribution in [3.05, 3.63) is 211 Å². The van der Waals surface area contributed by atoms with Gasteiger partial charge in [-0.3, -0.25) is 0 Å². The molecule has 3 unspecified atom stereocenters. The number of benzene rings is 8. The van der Waals surface area contributed by atoms with Gasteiger partial charge in [0.25, 0.3) is 0 Å². The highest BCUT2D eigenvalue weighted by Gasteiger charge is 2.36. The van der Waals surface area contributed by atoms with E-state index in [-0.39, 0.29) is 0 Å². The molecule has 12 rings (SSSR count). The van der Waals surface area contributed by atoms with Crippen LogP contribution in [0.2, 0.25) is 0 Å². The van der Waals surface area contributed by atoms with Gasteiger partial charge in [-0.1, -0.05) is 152 Å². The van der Waals surface area contributed by atoms with Crippen LogP contribution in [0.4, 0.5) is 0 Å². The molecule has 0 aliphatic carbocycles. The van der Waals surface area contributed by atoms with E-state index in [9.17, 15) is 0 Å². The maximum Gasteiger partial charge on any atom is 0.0547 e. The van der Waals surface area contributed by atoms with E-state index in [4.69, 9.17) is 0 Å². The van der Waals surface area contributed by atoms with Crippen LogP contribution in [0.25, 0.3) is 82.1 Å². The average Bonchev–Trinajstić information content (AvgIpc) is 4.14. The van der Waals surface area contributed by atoms with E-state index >= 15 is 0 Å². The van der Waals surface area contributed by atoms with Crippen molar-refractivity contribution in [2.45, 2.75) is 35.0 Å². The summed E-state index contributed by atoms with van der Waals surface area (Å²) in [4.78, 5) is 1.43. The van der Waals surface area contributed by atoms with Crippen molar-refractivity contribution in [2.24, 2.45) is 0 Å². The van der Waals surface area contributed by atoms with Gasteiger partial charge >= 0.3 is 0 Å². The minimum atomic E-state index is 0.470. The van der Waals surface area contributed by atoms with Gasteiger partial charge in [0.05, 0.1) is 22.1 Å². The third-order valence-corrected chi connectivity index (χ3v) is 16.2. The zero-order valence-electron chi connectivity index (χ0n) is 33.1. The Hall–Kier alpha value is -6.20. The molecule has 3 atom stereocenters. The molecule has 2 aliphatic rings. The lowest BCUT2D eigenvalue weighted by Gasteiger charge is -2.19. The monoisotopic (exact) mass is 806 g/mol. The van der Waals surface area contributed by atoms with E-state index in [0.717, 1.165) is 6.42 Å². The molecule has 8 aromatic carbocycles. The summed E-state index contributed by atoms with van der Waals surface area (Å²) in [5.41, 5.74) is 15.3. The number of hydrogen-bond donors (Lipinski definition) is 0.